The molecule has 0 amide bonds. The second kappa shape index (κ2) is 3.98. The van der Waals surface area contributed by atoms with Crippen molar-refractivity contribution in [2.45, 2.75) is 6.92 Å². The number of hydrogen-bond donors (Lipinski definition) is 1. The van der Waals surface area contributed by atoms with E-state index in [-0.39, 0.29) is 0 Å². The van der Waals surface area contributed by atoms with Crippen LogP contribution < -0.4 is 5.73 Å². The van der Waals surface area contributed by atoms with Crippen LogP contribution in [0.4, 0.5) is 5.82 Å². The molecular weight excluding hydrogens is 254 g/mol. The van der Waals surface area contributed by atoms with Gasteiger partial charge >= 0.3 is 0 Å². The lowest BCUT2D eigenvalue weighted by atomic mass is 10.2. The highest BCUT2D eigenvalue weighted by Gasteiger charge is 2.06. The Morgan fingerprint density at radius 2 is 1.93 bits per heavy atom. The van der Waals surface area contributed by atoms with E-state index in [0.717, 1.165) is 15.7 Å². The second-order valence-corrected chi connectivity index (χ2v) is 4.09. The summed E-state index contributed by atoms with van der Waals surface area (Å²) in [6.07, 6.45) is 0. The molecule has 0 fully saturated rings. The molecule has 1 aromatic carbocycles. The van der Waals surface area contributed by atoms with Gasteiger partial charge in [0.1, 0.15) is 5.82 Å². The lowest BCUT2D eigenvalue weighted by molar-refractivity contribution is 1.12. The molecule has 76 valence electrons. The molecule has 0 bridgehead atoms. The minimum atomic E-state index is 0.494. The van der Waals surface area contributed by atoms with Gasteiger partial charge in [-0.1, -0.05) is 34.1 Å². The van der Waals surface area contributed by atoms with Crippen LogP contribution in [0.3, 0.4) is 0 Å². The highest BCUT2D eigenvalue weighted by atomic mass is 79.9. The SMILES string of the molecule is Cc1cc(N)nc(-c2ccccc2Br)n1. The number of halogens is 1. The van der Waals surface area contributed by atoms with Gasteiger partial charge in [0.15, 0.2) is 5.82 Å². The molecule has 1 heterocycles. The Bertz CT molecular complexity index is 477. The van der Waals surface area contributed by atoms with Gasteiger partial charge in [0, 0.05) is 21.8 Å². The van der Waals surface area contributed by atoms with Crippen LogP contribution in [0.25, 0.3) is 11.4 Å². The molecule has 15 heavy (non-hydrogen) atoms. The number of anilines is 1. The molecule has 0 radical (unpaired) electrons. The van der Waals surface area contributed by atoms with Crippen LogP contribution in [-0.2, 0) is 0 Å². The number of hydrogen-bond acceptors (Lipinski definition) is 3. The van der Waals surface area contributed by atoms with Crippen molar-refractivity contribution >= 4 is 21.7 Å². The predicted octanol–water partition coefficient (Wildman–Crippen LogP) is 2.80. The second-order valence-electron chi connectivity index (χ2n) is 3.24. The molecule has 0 aliphatic heterocycles. The molecule has 0 saturated heterocycles. The van der Waals surface area contributed by atoms with Crippen LogP contribution in [0.2, 0.25) is 0 Å². The molecule has 0 aliphatic rings. The minimum Gasteiger partial charge on any atom is -0.384 e. The van der Waals surface area contributed by atoms with E-state index in [4.69, 9.17) is 5.73 Å². The maximum Gasteiger partial charge on any atom is 0.162 e. The first-order chi connectivity index (χ1) is 7.16. The standard InChI is InChI=1S/C11H10BrN3/c1-7-6-10(13)15-11(14-7)8-4-2-3-5-9(8)12/h2-6H,1H3,(H2,13,14,15). The zero-order valence-corrected chi connectivity index (χ0v) is 9.82. The van der Waals surface area contributed by atoms with Gasteiger partial charge in [-0.3, -0.25) is 0 Å². The largest absolute Gasteiger partial charge is 0.384 e. The molecule has 0 saturated carbocycles. The monoisotopic (exact) mass is 263 g/mol. The number of nitrogens with zero attached hydrogens (tertiary/aromatic N) is 2. The van der Waals surface area contributed by atoms with E-state index < -0.39 is 0 Å². The zero-order chi connectivity index (χ0) is 10.8. The summed E-state index contributed by atoms with van der Waals surface area (Å²) in [5.41, 5.74) is 7.50. The fourth-order valence-corrected chi connectivity index (χ4v) is 1.82. The zero-order valence-electron chi connectivity index (χ0n) is 8.24. The van der Waals surface area contributed by atoms with Crippen LogP contribution in [0, 0.1) is 6.92 Å². The summed E-state index contributed by atoms with van der Waals surface area (Å²) in [5, 5.41) is 0. The van der Waals surface area contributed by atoms with E-state index in [1.165, 1.54) is 0 Å². The van der Waals surface area contributed by atoms with Crippen LogP contribution in [0.5, 0.6) is 0 Å². The Morgan fingerprint density at radius 3 is 2.60 bits per heavy atom. The highest BCUT2D eigenvalue weighted by Crippen LogP contribution is 2.25. The van der Waals surface area contributed by atoms with Gasteiger partial charge in [0.25, 0.3) is 0 Å². The normalized spacial score (nSPS) is 10.3. The number of nitrogens with two attached hydrogens (primary N) is 1. The van der Waals surface area contributed by atoms with E-state index in [1.54, 1.807) is 6.07 Å². The first kappa shape index (κ1) is 10.1. The fraction of sp³-hybridized carbons (Fsp3) is 0.0909. The Labute approximate surface area is 96.5 Å². The van der Waals surface area contributed by atoms with Gasteiger partial charge in [0.2, 0.25) is 0 Å². The quantitative estimate of drug-likeness (QED) is 0.861. The Kier molecular flexibility index (Phi) is 2.68. The van der Waals surface area contributed by atoms with Crippen molar-refractivity contribution in [2.75, 3.05) is 5.73 Å². The van der Waals surface area contributed by atoms with E-state index >= 15 is 0 Å². The molecule has 3 nitrogen and oxygen atoms in total. The average molecular weight is 264 g/mol. The minimum absolute atomic E-state index is 0.494. The van der Waals surface area contributed by atoms with Crippen molar-refractivity contribution in [3.63, 3.8) is 0 Å². The number of benzene rings is 1. The first-order valence-corrected chi connectivity index (χ1v) is 5.32. The Balaban J connectivity index is 2.59. The van der Waals surface area contributed by atoms with Crippen LogP contribution in [0.15, 0.2) is 34.8 Å². The Morgan fingerprint density at radius 1 is 1.20 bits per heavy atom. The maximum atomic E-state index is 5.68. The summed E-state index contributed by atoms with van der Waals surface area (Å²) in [7, 11) is 0. The van der Waals surface area contributed by atoms with Crippen molar-refractivity contribution in [1.82, 2.24) is 9.97 Å². The lowest BCUT2D eigenvalue weighted by Gasteiger charge is -2.04. The molecule has 0 spiro atoms. The maximum absolute atomic E-state index is 5.68. The van der Waals surface area contributed by atoms with E-state index in [9.17, 15) is 0 Å². The van der Waals surface area contributed by atoms with Crippen LogP contribution in [0.1, 0.15) is 5.69 Å². The molecule has 4 heteroatoms. The summed E-state index contributed by atoms with van der Waals surface area (Å²) in [6, 6.07) is 9.56. The van der Waals surface area contributed by atoms with Crippen molar-refractivity contribution in [3.8, 4) is 11.4 Å². The van der Waals surface area contributed by atoms with Crippen molar-refractivity contribution < 1.29 is 0 Å². The number of aromatic nitrogens is 2. The fourth-order valence-electron chi connectivity index (χ4n) is 1.36. The molecular formula is C11H10BrN3. The van der Waals surface area contributed by atoms with Gasteiger partial charge in [-0.25, -0.2) is 9.97 Å². The third-order valence-corrected chi connectivity index (χ3v) is 2.68. The summed E-state index contributed by atoms with van der Waals surface area (Å²) in [6.45, 7) is 1.90. The van der Waals surface area contributed by atoms with Crippen LogP contribution >= 0.6 is 15.9 Å². The third-order valence-electron chi connectivity index (χ3n) is 1.99. The predicted molar refractivity (Wildman–Crippen MR) is 64.3 cm³/mol. The van der Waals surface area contributed by atoms with E-state index in [2.05, 4.69) is 25.9 Å². The first-order valence-electron chi connectivity index (χ1n) is 4.53. The third kappa shape index (κ3) is 2.15. The highest BCUT2D eigenvalue weighted by molar-refractivity contribution is 9.10. The topological polar surface area (TPSA) is 51.8 Å². The van der Waals surface area contributed by atoms with E-state index in [1.807, 2.05) is 31.2 Å². The van der Waals surface area contributed by atoms with Crippen molar-refractivity contribution in [2.24, 2.45) is 0 Å². The Hall–Kier alpha value is -1.42. The number of rotatable bonds is 1. The number of aryl methyl sites for hydroxylation is 1. The molecule has 2 N–H and O–H groups in total. The summed E-state index contributed by atoms with van der Waals surface area (Å²) in [5.74, 6) is 1.15. The van der Waals surface area contributed by atoms with Crippen LogP contribution in [-0.4, -0.2) is 9.97 Å². The smallest absolute Gasteiger partial charge is 0.162 e. The average Bonchev–Trinajstić information content (AvgIpc) is 2.16. The molecule has 2 rings (SSSR count). The molecule has 0 aliphatic carbocycles. The molecule has 1 aromatic heterocycles. The molecule has 0 atom stereocenters. The summed E-state index contributed by atoms with van der Waals surface area (Å²) in [4.78, 5) is 8.55. The molecule has 0 unspecified atom stereocenters. The van der Waals surface area contributed by atoms with E-state index in [0.29, 0.717) is 11.6 Å². The van der Waals surface area contributed by atoms with Crippen molar-refractivity contribution in [3.05, 3.63) is 40.5 Å². The lowest BCUT2D eigenvalue weighted by Crippen LogP contribution is -1.97. The van der Waals surface area contributed by atoms with Gasteiger partial charge in [-0.05, 0) is 13.0 Å². The summed E-state index contributed by atoms with van der Waals surface area (Å²) < 4.78 is 0.968. The molecule has 2 aromatic rings. The van der Waals surface area contributed by atoms with Gasteiger partial charge in [0.05, 0.1) is 0 Å². The van der Waals surface area contributed by atoms with Gasteiger partial charge < -0.3 is 5.73 Å². The summed E-state index contributed by atoms with van der Waals surface area (Å²) >= 11 is 3.46. The van der Waals surface area contributed by atoms with Gasteiger partial charge in [-0.15, -0.1) is 0 Å². The van der Waals surface area contributed by atoms with Gasteiger partial charge in [-0.2, -0.15) is 0 Å². The number of nitrogen functional groups attached to an aromatic ring is 1. The van der Waals surface area contributed by atoms with Crippen molar-refractivity contribution in [1.29, 1.82) is 0 Å².